The van der Waals surface area contributed by atoms with E-state index in [9.17, 15) is 150 Å². The Bertz CT molecular complexity index is 3490. The fraction of sp³-hybridized carbons (Fsp3) is 0.935. The minimum Gasteiger partial charge on any atom is -0.479 e. The van der Waals surface area contributed by atoms with Gasteiger partial charge in [-0.2, -0.15) is 81.5 Å². The summed E-state index contributed by atoms with van der Waals surface area (Å²) in [4.78, 5) is 25.8. The van der Waals surface area contributed by atoms with Crippen molar-refractivity contribution in [2.24, 2.45) is 0 Å². The van der Waals surface area contributed by atoms with E-state index in [0.29, 0.717) is 0 Å². The van der Waals surface area contributed by atoms with Crippen LogP contribution in [0.2, 0.25) is 0 Å². The molecule has 534 valence electrons. The molecule has 5 fully saturated rings. The van der Waals surface area contributed by atoms with Crippen molar-refractivity contribution in [3.63, 3.8) is 0 Å². The van der Waals surface area contributed by atoms with Crippen molar-refractivity contribution in [3.8, 4) is 0 Å². The minimum atomic E-state index is -6.36. The van der Waals surface area contributed by atoms with E-state index in [-0.39, 0.29) is 0 Å². The Balaban J connectivity index is 1.60. The molecular formula is C31H53N3O49S8. The number of carbonyl (C=O) groups is 2. The number of carboxylic acid groups (broad SMARTS) is 2. The molecular weight excluding hydrogens is 1450 g/mol. The Morgan fingerprint density at radius 3 is 1.13 bits per heavy atom. The molecule has 0 aromatic heterocycles. The first kappa shape index (κ1) is 79.0. The summed E-state index contributed by atoms with van der Waals surface area (Å²) in [5.41, 5.74) is 0. The summed E-state index contributed by atoms with van der Waals surface area (Å²) in [6.07, 6.45) is -63.6. The first-order valence-electron chi connectivity index (χ1n) is 23.5. The summed E-state index contributed by atoms with van der Waals surface area (Å²) in [6.45, 7) is -5.06. The van der Waals surface area contributed by atoms with Crippen molar-refractivity contribution in [2.75, 3.05) is 26.9 Å². The summed E-state index contributed by atoms with van der Waals surface area (Å²) < 4.78 is 346. The zero-order chi connectivity index (χ0) is 69.4. The van der Waals surface area contributed by atoms with Gasteiger partial charge in [0.1, 0.15) is 104 Å². The van der Waals surface area contributed by atoms with Crippen LogP contribution in [-0.2, 0) is 161 Å². The molecule has 5 aliphatic heterocycles. The molecule has 60 heteroatoms. The van der Waals surface area contributed by atoms with E-state index >= 15 is 0 Å². The van der Waals surface area contributed by atoms with Gasteiger partial charge in [-0.05, 0) is 0 Å². The van der Waals surface area contributed by atoms with Gasteiger partial charge in [0, 0.05) is 7.11 Å². The van der Waals surface area contributed by atoms with Gasteiger partial charge >= 0.3 is 94.8 Å². The van der Waals surface area contributed by atoms with Crippen LogP contribution in [0.1, 0.15) is 0 Å². The number of rotatable bonds is 30. The molecule has 0 aliphatic carbocycles. The zero-order valence-electron chi connectivity index (χ0n) is 43.9. The quantitative estimate of drug-likeness (QED) is 0.0297. The van der Waals surface area contributed by atoms with E-state index in [1.54, 1.807) is 0 Å². The van der Waals surface area contributed by atoms with E-state index in [1.165, 1.54) is 9.44 Å². The summed E-state index contributed by atoms with van der Waals surface area (Å²) in [5.74, 6) is -4.91. The number of aliphatic carboxylic acids is 2. The van der Waals surface area contributed by atoms with Crippen LogP contribution in [-0.4, -0.2) is 337 Å². The van der Waals surface area contributed by atoms with Gasteiger partial charge in [0.05, 0.1) is 19.8 Å². The number of ether oxygens (including phenoxy) is 10. The number of methoxy groups -OCH3 is 1. The second-order valence-corrected chi connectivity index (χ2v) is 27.6. The first-order chi connectivity index (χ1) is 41.2. The van der Waals surface area contributed by atoms with Gasteiger partial charge in [-0.25, -0.2) is 30.5 Å². The van der Waals surface area contributed by atoms with Crippen molar-refractivity contribution in [3.05, 3.63) is 0 Å². The number of hydrogen-bond acceptors (Lipinski definition) is 39. The van der Waals surface area contributed by atoms with Crippen LogP contribution >= 0.6 is 0 Å². The number of hydrogen-bond donors (Lipinski definition) is 19. The van der Waals surface area contributed by atoms with Gasteiger partial charge in [-0.15, -0.1) is 0 Å². The Morgan fingerprint density at radius 1 is 0.352 bits per heavy atom. The lowest BCUT2D eigenvalue weighted by Crippen LogP contribution is -2.71. The molecule has 91 heavy (non-hydrogen) atoms. The first-order valence-corrected chi connectivity index (χ1v) is 34.7. The maximum absolute atomic E-state index is 13.0. The summed E-state index contributed by atoms with van der Waals surface area (Å²) in [5, 5.41) is 87.8. The Labute approximate surface area is 509 Å². The van der Waals surface area contributed by atoms with Crippen LogP contribution in [0.3, 0.4) is 0 Å². The van der Waals surface area contributed by atoms with E-state index in [1.807, 2.05) is 0 Å². The third-order valence-electron chi connectivity index (χ3n) is 12.4. The average Bonchev–Trinajstić information content (AvgIpc) is 0.767. The Kier molecular flexibility index (Phi) is 26.0. The second kappa shape index (κ2) is 29.9. The van der Waals surface area contributed by atoms with Gasteiger partial charge in [-0.3, -0.25) is 36.4 Å². The van der Waals surface area contributed by atoms with Crippen LogP contribution in [0, 0.1) is 0 Å². The van der Waals surface area contributed by atoms with E-state index in [0.717, 1.165) is 11.8 Å². The molecule has 5 heterocycles. The third kappa shape index (κ3) is 22.9. The van der Waals surface area contributed by atoms with E-state index in [2.05, 4.69) is 20.9 Å². The zero-order valence-corrected chi connectivity index (χ0v) is 50.5. The lowest BCUT2D eigenvalue weighted by Gasteiger charge is -2.50. The largest absolute Gasteiger partial charge is 0.479 e. The van der Waals surface area contributed by atoms with Crippen molar-refractivity contribution in [1.82, 2.24) is 14.2 Å². The lowest BCUT2D eigenvalue weighted by atomic mass is 9.94. The molecule has 5 rings (SSSR count). The van der Waals surface area contributed by atoms with E-state index < -0.39 is 268 Å². The molecule has 0 bridgehead atoms. The summed E-state index contributed by atoms with van der Waals surface area (Å²) in [7, 11) is -45.9. The molecule has 0 spiro atoms. The van der Waals surface area contributed by atoms with Gasteiger partial charge in [0.15, 0.2) is 49.8 Å². The van der Waals surface area contributed by atoms with Crippen LogP contribution in [0.25, 0.3) is 0 Å². The van der Waals surface area contributed by atoms with Crippen LogP contribution in [0.15, 0.2) is 0 Å². The van der Waals surface area contributed by atoms with E-state index in [4.69, 9.17) is 51.9 Å². The second-order valence-electron chi connectivity index (χ2n) is 18.7. The van der Waals surface area contributed by atoms with Crippen LogP contribution < -0.4 is 14.2 Å². The normalized spacial score (nSPS) is 38.6. The number of aliphatic hydroxyl groups excluding tert-OH is 6. The smallest absolute Gasteiger partial charge is 0.397 e. The van der Waals surface area contributed by atoms with Crippen LogP contribution in [0.4, 0.5) is 0 Å². The Morgan fingerprint density at radius 2 is 0.703 bits per heavy atom. The predicted octanol–water partition coefficient (Wildman–Crippen LogP) is -13.8. The molecule has 25 atom stereocenters. The molecule has 0 radical (unpaired) electrons. The molecule has 0 saturated carbocycles. The SMILES string of the molecule is CO[C@H]1O[C@H](COS(=O)(=O)O)[C@@H](O[C@@H]2O[C@@H](C(=O)O)[C@@H](OC3O[C@H](COS(=O)(=O)O)[C@@H](O[C@@H]4O[C@H](C(=O)O)[C@@H](O[C@H]5O[C@H](COS(=O)(=O)O)[C@@H](O)[C@H](O)[C@H]5NS(=O)(=O)O)[C@H](O)[C@H]4O)[C@H](OS(=O)(=O)O)[C@H]3NS(=O)(=O)O)[C@H](O)[C@H]2OS(=O)(=O)O)[C@H](O)[C@H]1NS(=O)(=O)O. The maximum Gasteiger partial charge on any atom is 0.397 e. The monoisotopic (exact) mass is 1510 g/mol. The molecule has 5 saturated heterocycles. The number of aliphatic hydroxyl groups is 6. The standard InChI is InChI=1S/C31H53N3O49S8/c1-69-27-9(33-85(48,49)50)13(37)17(6(74-27)3-71-88(57,58)59)76-31-22(83-91(66,67)68)16(40)21(24(81-31)26(43)44)79-29-10(34-86(51,52)53)19(82-90(63,64)65)18(7(75-29)4-72-89(60,61)62)77-30-15(39)14(38)20(23(80-30)25(41)42)78-28-8(32-84(45,46)47)12(36)11(35)5(73-28)2-70-87(54,55)56/h5-24,27-40H,2-4H2,1H3,(H,41,42)(H,43,44)(H,45,46,47)(H,48,49,50)(H,51,52,53)(H,54,55,56)(H,57,58,59)(H,60,61,62)(H,63,64,65)(H,66,67,68)/t5-,6-,7-,8-,9-,10-,11-,12-,13-,14-,15-,16+,17-,18-,19-,20+,21+,22-,23+,24-,27+,28-,29?,30-,31-/m1/s1. The Hall–Kier alpha value is -2.74. The number of carboxylic acids is 2. The van der Waals surface area contributed by atoms with Crippen molar-refractivity contribution >= 4 is 94.8 Å². The van der Waals surface area contributed by atoms with Crippen molar-refractivity contribution in [1.29, 1.82) is 0 Å². The third-order valence-corrected chi connectivity index (χ3v) is 16.4. The topological polar surface area (TPSA) is 805 Å². The van der Waals surface area contributed by atoms with Gasteiger partial charge in [0.25, 0.3) is 0 Å². The molecule has 0 aromatic carbocycles. The molecule has 5 aliphatic rings. The molecule has 52 nitrogen and oxygen atoms in total. The van der Waals surface area contributed by atoms with Crippen LogP contribution in [0.5, 0.6) is 0 Å². The number of nitrogens with one attached hydrogen (secondary N) is 3. The minimum absolute atomic E-state index is 0.735. The highest BCUT2D eigenvalue weighted by Gasteiger charge is 2.61. The fourth-order valence-electron chi connectivity index (χ4n) is 8.98. The highest BCUT2D eigenvalue weighted by Crippen LogP contribution is 2.39. The lowest BCUT2D eigenvalue weighted by molar-refractivity contribution is -0.373. The highest BCUT2D eigenvalue weighted by molar-refractivity contribution is 7.84. The molecule has 19 N–H and O–H groups in total. The maximum atomic E-state index is 13.0. The average molecular weight is 1510 g/mol. The van der Waals surface area contributed by atoms with Crippen molar-refractivity contribution < 1.29 is 222 Å². The summed E-state index contributed by atoms with van der Waals surface area (Å²) >= 11 is 0. The molecule has 1 unspecified atom stereocenters. The molecule has 0 aromatic rings. The summed E-state index contributed by atoms with van der Waals surface area (Å²) in [6, 6.07) is -8.17. The van der Waals surface area contributed by atoms with Crippen molar-refractivity contribution in [2.45, 2.75) is 153 Å². The fourth-order valence-corrected chi connectivity index (χ4v) is 12.7. The van der Waals surface area contributed by atoms with Gasteiger partial charge in [-0.1, -0.05) is 0 Å². The van der Waals surface area contributed by atoms with Gasteiger partial charge < -0.3 is 88.2 Å². The highest BCUT2D eigenvalue weighted by atomic mass is 32.3. The predicted molar refractivity (Wildman–Crippen MR) is 262 cm³/mol. The molecule has 0 amide bonds. The van der Waals surface area contributed by atoms with Gasteiger partial charge in [0.2, 0.25) is 0 Å².